The van der Waals surface area contributed by atoms with Crippen molar-refractivity contribution >= 4 is 11.4 Å². The number of hydrogen-bond donors (Lipinski definition) is 1. The molecule has 0 amide bonds. The molecule has 3 aliphatic rings. The largest absolute Gasteiger partial charge is 0.495 e. The molecule has 0 saturated carbocycles. The Kier molecular flexibility index (Phi) is 3.48. The van der Waals surface area contributed by atoms with Crippen LogP contribution < -0.4 is 10.1 Å². The maximum atomic E-state index is 10.9. The molecule has 108 valence electrons. The van der Waals surface area contributed by atoms with Crippen molar-refractivity contribution in [3.05, 3.63) is 28.3 Å². The lowest BCUT2D eigenvalue weighted by atomic mass is 9.84. The quantitative estimate of drug-likeness (QED) is 0.674. The summed E-state index contributed by atoms with van der Waals surface area (Å²) in [5, 5.41) is 14.4. The van der Waals surface area contributed by atoms with E-state index in [2.05, 4.69) is 10.2 Å². The summed E-state index contributed by atoms with van der Waals surface area (Å²) in [4.78, 5) is 13.0. The van der Waals surface area contributed by atoms with Crippen LogP contribution in [0.2, 0.25) is 0 Å². The minimum absolute atomic E-state index is 0.0922. The number of fused-ring (bicyclic) bond motifs is 3. The molecule has 3 aliphatic heterocycles. The fraction of sp³-hybridized carbons (Fsp3) is 0.571. The molecule has 0 aromatic heterocycles. The smallest absolute Gasteiger partial charge is 0.271 e. The molecular weight excluding hydrogens is 258 g/mol. The summed E-state index contributed by atoms with van der Waals surface area (Å²) in [5.74, 6) is 1.32. The number of nitrogens with one attached hydrogen (secondary N) is 1. The van der Waals surface area contributed by atoms with Gasteiger partial charge < -0.3 is 15.0 Å². The number of ether oxygens (including phenoxy) is 1. The predicted octanol–water partition coefficient (Wildman–Crippen LogP) is 2.11. The van der Waals surface area contributed by atoms with Crippen molar-refractivity contribution < 1.29 is 9.66 Å². The van der Waals surface area contributed by atoms with E-state index in [4.69, 9.17) is 4.74 Å². The van der Waals surface area contributed by atoms with Crippen molar-refractivity contribution in [2.45, 2.75) is 18.9 Å². The Labute approximate surface area is 117 Å². The van der Waals surface area contributed by atoms with Gasteiger partial charge in [-0.3, -0.25) is 10.1 Å². The summed E-state index contributed by atoms with van der Waals surface area (Å²) >= 11 is 0. The standard InChI is InChI=1S/C14H19N3O3/c1-20-14-3-2-11(17(18)19)8-12(14)15-13-9-16-6-4-10(13)5-7-16/h2-3,8,10,13,15H,4-7,9H2,1H3. The molecule has 20 heavy (non-hydrogen) atoms. The molecule has 1 aromatic carbocycles. The average Bonchev–Trinajstić information content (AvgIpc) is 2.48. The lowest BCUT2D eigenvalue weighted by Crippen LogP contribution is -2.53. The van der Waals surface area contributed by atoms with E-state index in [1.165, 1.54) is 32.0 Å². The first-order chi connectivity index (χ1) is 9.67. The van der Waals surface area contributed by atoms with Gasteiger partial charge in [0.05, 0.1) is 17.7 Å². The Balaban J connectivity index is 1.82. The summed E-state index contributed by atoms with van der Waals surface area (Å²) in [5.41, 5.74) is 0.815. The van der Waals surface area contributed by atoms with Crippen LogP contribution in [0.1, 0.15) is 12.8 Å². The zero-order valence-corrected chi connectivity index (χ0v) is 11.5. The van der Waals surface area contributed by atoms with E-state index in [1.807, 2.05) is 0 Å². The molecule has 3 fully saturated rings. The first-order valence-corrected chi connectivity index (χ1v) is 6.98. The van der Waals surface area contributed by atoms with Gasteiger partial charge in [-0.25, -0.2) is 0 Å². The molecule has 1 atom stereocenters. The van der Waals surface area contributed by atoms with Gasteiger partial charge in [-0.15, -0.1) is 0 Å². The lowest BCUT2D eigenvalue weighted by molar-refractivity contribution is -0.384. The monoisotopic (exact) mass is 277 g/mol. The SMILES string of the molecule is COc1ccc([N+](=O)[O-])cc1NC1CN2CCC1CC2. The van der Waals surface area contributed by atoms with Crippen LogP contribution in [0.4, 0.5) is 11.4 Å². The van der Waals surface area contributed by atoms with Crippen LogP contribution in [0.3, 0.4) is 0 Å². The number of nitro benzene ring substituents is 1. The fourth-order valence-corrected chi connectivity index (χ4v) is 3.25. The van der Waals surface area contributed by atoms with E-state index in [1.54, 1.807) is 19.2 Å². The van der Waals surface area contributed by atoms with E-state index >= 15 is 0 Å². The zero-order chi connectivity index (χ0) is 14.1. The first kappa shape index (κ1) is 13.2. The van der Waals surface area contributed by atoms with Crippen molar-refractivity contribution in [3.63, 3.8) is 0 Å². The Morgan fingerprint density at radius 3 is 2.70 bits per heavy atom. The number of rotatable bonds is 4. The van der Waals surface area contributed by atoms with Gasteiger partial charge in [0.15, 0.2) is 0 Å². The van der Waals surface area contributed by atoms with Gasteiger partial charge in [0, 0.05) is 24.7 Å². The molecule has 1 N–H and O–H groups in total. The van der Waals surface area contributed by atoms with Crippen molar-refractivity contribution in [3.8, 4) is 5.75 Å². The molecule has 6 nitrogen and oxygen atoms in total. The van der Waals surface area contributed by atoms with Crippen LogP contribution >= 0.6 is 0 Å². The van der Waals surface area contributed by atoms with E-state index in [9.17, 15) is 10.1 Å². The number of methoxy groups -OCH3 is 1. The maximum Gasteiger partial charge on any atom is 0.271 e. The van der Waals surface area contributed by atoms with Gasteiger partial charge in [-0.05, 0) is 37.9 Å². The van der Waals surface area contributed by atoms with Crippen molar-refractivity contribution in [2.24, 2.45) is 5.92 Å². The van der Waals surface area contributed by atoms with Gasteiger partial charge in [0.2, 0.25) is 0 Å². The number of nitro groups is 1. The van der Waals surface area contributed by atoms with Crippen molar-refractivity contribution in [1.29, 1.82) is 0 Å². The number of piperidine rings is 3. The molecule has 0 radical (unpaired) electrons. The second kappa shape index (κ2) is 5.28. The summed E-state index contributed by atoms with van der Waals surface area (Å²) in [6.07, 6.45) is 2.41. The first-order valence-electron chi connectivity index (χ1n) is 6.98. The van der Waals surface area contributed by atoms with Gasteiger partial charge in [-0.1, -0.05) is 0 Å². The van der Waals surface area contributed by atoms with Crippen LogP contribution in [-0.4, -0.2) is 42.6 Å². The van der Waals surface area contributed by atoms with Crippen LogP contribution in [0.15, 0.2) is 18.2 Å². The molecule has 1 aromatic rings. The summed E-state index contributed by atoms with van der Waals surface area (Å²) in [7, 11) is 1.59. The van der Waals surface area contributed by atoms with Crippen LogP contribution in [-0.2, 0) is 0 Å². The molecule has 0 spiro atoms. The molecular formula is C14H19N3O3. The highest BCUT2D eigenvalue weighted by molar-refractivity contribution is 5.62. The number of non-ortho nitro benzene ring substituents is 1. The summed E-state index contributed by atoms with van der Waals surface area (Å²) < 4.78 is 5.30. The van der Waals surface area contributed by atoms with Crippen LogP contribution in [0.25, 0.3) is 0 Å². The number of hydrogen-bond acceptors (Lipinski definition) is 5. The Morgan fingerprint density at radius 1 is 1.40 bits per heavy atom. The van der Waals surface area contributed by atoms with E-state index in [0.29, 0.717) is 17.7 Å². The van der Waals surface area contributed by atoms with Gasteiger partial charge >= 0.3 is 0 Å². The third-order valence-corrected chi connectivity index (χ3v) is 4.39. The minimum Gasteiger partial charge on any atom is -0.495 e. The topological polar surface area (TPSA) is 67.6 Å². The molecule has 2 bridgehead atoms. The minimum atomic E-state index is -0.374. The number of nitrogens with zero attached hydrogens (tertiary/aromatic N) is 2. The van der Waals surface area contributed by atoms with Gasteiger partial charge in [-0.2, -0.15) is 0 Å². The third kappa shape index (κ3) is 2.43. The number of benzene rings is 1. The second-order valence-electron chi connectivity index (χ2n) is 5.53. The highest BCUT2D eigenvalue weighted by Crippen LogP contribution is 2.34. The van der Waals surface area contributed by atoms with Crippen LogP contribution in [0, 0.1) is 16.0 Å². The van der Waals surface area contributed by atoms with Gasteiger partial charge in [0.1, 0.15) is 5.75 Å². The Morgan fingerprint density at radius 2 is 2.15 bits per heavy atom. The van der Waals surface area contributed by atoms with Crippen molar-refractivity contribution in [2.75, 3.05) is 32.1 Å². The Bertz CT molecular complexity index is 512. The summed E-state index contributed by atoms with van der Waals surface area (Å²) in [6, 6.07) is 5.05. The molecule has 1 unspecified atom stereocenters. The average molecular weight is 277 g/mol. The van der Waals surface area contributed by atoms with E-state index < -0.39 is 0 Å². The fourth-order valence-electron chi connectivity index (χ4n) is 3.25. The lowest BCUT2D eigenvalue weighted by Gasteiger charge is -2.45. The van der Waals surface area contributed by atoms with Crippen LogP contribution in [0.5, 0.6) is 5.75 Å². The van der Waals surface area contributed by atoms with Gasteiger partial charge in [0.25, 0.3) is 5.69 Å². The molecule has 0 aliphatic carbocycles. The molecule has 3 heterocycles. The molecule has 6 heteroatoms. The normalized spacial score (nSPS) is 28.1. The van der Waals surface area contributed by atoms with E-state index in [0.717, 1.165) is 12.2 Å². The molecule has 4 rings (SSSR count). The number of anilines is 1. The highest BCUT2D eigenvalue weighted by atomic mass is 16.6. The van der Waals surface area contributed by atoms with Crippen molar-refractivity contribution in [1.82, 2.24) is 4.90 Å². The highest BCUT2D eigenvalue weighted by Gasteiger charge is 2.34. The third-order valence-electron chi connectivity index (χ3n) is 4.39. The molecule has 3 saturated heterocycles. The van der Waals surface area contributed by atoms with E-state index in [-0.39, 0.29) is 10.6 Å². The summed E-state index contributed by atoms with van der Waals surface area (Å²) in [6.45, 7) is 3.36. The second-order valence-corrected chi connectivity index (χ2v) is 5.53. The zero-order valence-electron chi connectivity index (χ0n) is 11.5. The predicted molar refractivity (Wildman–Crippen MR) is 76.2 cm³/mol. The maximum absolute atomic E-state index is 10.9. The Hall–Kier alpha value is -1.82.